The lowest BCUT2D eigenvalue weighted by Gasteiger charge is -2.49. The molecule has 0 aromatic heterocycles. The molecule has 0 spiro atoms. The number of hydrogen-bond acceptors (Lipinski definition) is 4. The fourth-order valence-electron chi connectivity index (χ4n) is 3.15. The van der Waals surface area contributed by atoms with Crippen molar-refractivity contribution in [3.63, 3.8) is 0 Å². The van der Waals surface area contributed by atoms with E-state index in [4.69, 9.17) is 15.2 Å². The Morgan fingerprint density at radius 2 is 2.06 bits per heavy atom. The first-order valence-electron chi connectivity index (χ1n) is 6.95. The molecule has 0 aliphatic carbocycles. The molecule has 0 amide bonds. The zero-order chi connectivity index (χ0) is 12.1. The number of ether oxygens (including phenoxy) is 2. The van der Waals surface area contributed by atoms with E-state index >= 15 is 0 Å². The fraction of sp³-hybridized carbons (Fsp3) is 1.00. The summed E-state index contributed by atoms with van der Waals surface area (Å²) >= 11 is 0. The summed E-state index contributed by atoms with van der Waals surface area (Å²) in [7, 11) is 0. The maximum atomic E-state index is 6.09. The molecule has 4 nitrogen and oxygen atoms in total. The van der Waals surface area contributed by atoms with Gasteiger partial charge in [0.1, 0.15) is 0 Å². The van der Waals surface area contributed by atoms with Crippen molar-refractivity contribution in [2.45, 2.75) is 44.2 Å². The van der Waals surface area contributed by atoms with Crippen molar-refractivity contribution in [2.75, 3.05) is 39.5 Å². The number of rotatable bonds is 4. The Morgan fingerprint density at radius 3 is 2.71 bits per heavy atom. The number of nitrogens with zero attached hydrogens (tertiary/aromatic N) is 1. The van der Waals surface area contributed by atoms with Crippen molar-refractivity contribution >= 4 is 0 Å². The number of morpholine rings is 1. The largest absolute Gasteiger partial charge is 0.379 e. The molecule has 2 N–H and O–H groups in total. The van der Waals surface area contributed by atoms with Gasteiger partial charge in [0.25, 0.3) is 0 Å². The van der Waals surface area contributed by atoms with Crippen LogP contribution in [0.1, 0.15) is 32.6 Å². The molecule has 0 saturated carbocycles. The summed E-state index contributed by atoms with van der Waals surface area (Å²) in [5, 5.41) is 0. The first-order chi connectivity index (χ1) is 8.30. The summed E-state index contributed by atoms with van der Waals surface area (Å²) < 4.78 is 11.3. The first kappa shape index (κ1) is 13.3. The minimum atomic E-state index is 0.169. The molecule has 17 heavy (non-hydrogen) atoms. The van der Waals surface area contributed by atoms with E-state index in [1.807, 2.05) is 0 Å². The minimum Gasteiger partial charge on any atom is -0.379 e. The highest BCUT2D eigenvalue weighted by atomic mass is 16.5. The van der Waals surface area contributed by atoms with Crippen LogP contribution in [0, 0.1) is 0 Å². The molecule has 2 aliphatic heterocycles. The molecule has 2 fully saturated rings. The highest BCUT2D eigenvalue weighted by Gasteiger charge is 2.40. The fourth-order valence-corrected chi connectivity index (χ4v) is 3.15. The van der Waals surface area contributed by atoms with E-state index in [1.54, 1.807) is 0 Å². The van der Waals surface area contributed by atoms with Crippen LogP contribution in [-0.4, -0.2) is 56.0 Å². The van der Waals surface area contributed by atoms with Gasteiger partial charge in [0, 0.05) is 31.8 Å². The molecule has 2 heterocycles. The van der Waals surface area contributed by atoms with Crippen molar-refractivity contribution in [3.05, 3.63) is 0 Å². The Bertz CT molecular complexity index is 229. The Kier molecular flexibility index (Phi) is 4.79. The van der Waals surface area contributed by atoms with Gasteiger partial charge in [0.15, 0.2) is 0 Å². The summed E-state index contributed by atoms with van der Waals surface area (Å²) in [6.07, 6.45) is 4.92. The van der Waals surface area contributed by atoms with Crippen molar-refractivity contribution < 1.29 is 9.47 Å². The summed E-state index contributed by atoms with van der Waals surface area (Å²) in [4.78, 5) is 2.54. The van der Waals surface area contributed by atoms with Gasteiger partial charge >= 0.3 is 0 Å². The molecule has 2 aliphatic rings. The second-order valence-electron chi connectivity index (χ2n) is 5.26. The number of hydrogen-bond donors (Lipinski definition) is 1. The van der Waals surface area contributed by atoms with Crippen LogP contribution in [0.15, 0.2) is 0 Å². The maximum Gasteiger partial charge on any atom is 0.0594 e. The molecule has 100 valence electrons. The molecular weight excluding hydrogens is 216 g/mol. The van der Waals surface area contributed by atoms with E-state index in [1.165, 1.54) is 6.42 Å². The van der Waals surface area contributed by atoms with Gasteiger partial charge in [0.05, 0.1) is 19.3 Å². The van der Waals surface area contributed by atoms with Crippen LogP contribution < -0.4 is 5.73 Å². The molecular formula is C13H26N2O2. The summed E-state index contributed by atoms with van der Waals surface area (Å²) in [6.45, 7) is 7.57. The smallest absolute Gasteiger partial charge is 0.0594 e. The van der Waals surface area contributed by atoms with Gasteiger partial charge < -0.3 is 15.2 Å². The lowest BCUT2D eigenvalue weighted by Crippen LogP contribution is -2.61. The quantitative estimate of drug-likeness (QED) is 0.799. The van der Waals surface area contributed by atoms with Gasteiger partial charge in [0.2, 0.25) is 0 Å². The monoisotopic (exact) mass is 242 g/mol. The van der Waals surface area contributed by atoms with E-state index in [0.29, 0.717) is 6.10 Å². The SMILES string of the molecule is CCCC1CC(CN)(N2CCOCC2)CCO1. The van der Waals surface area contributed by atoms with E-state index < -0.39 is 0 Å². The van der Waals surface area contributed by atoms with E-state index in [2.05, 4.69) is 11.8 Å². The topological polar surface area (TPSA) is 47.7 Å². The predicted octanol–water partition coefficient (Wildman–Crippen LogP) is 0.995. The molecule has 0 aromatic carbocycles. The lowest BCUT2D eigenvalue weighted by molar-refractivity contribution is -0.0980. The Balaban J connectivity index is 2.01. The highest BCUT2D eigenvalue weighted by Crippen LogP contribution is 2.32. The van der Waals surface area contributed by atoms with Crippen molar-refractivity contribution in [1.82, 2.24) is 4.90 Å². The van der Waals surface area contributed by atoms with Crippen LogP contribution in [-0.2, 0) is 9.47 Å². The molecule has 0 bridgehead atoms. The Labute approximate surface area is 104 Å². The molecule has 0 aromatic rings. The molecule has 2 unspecified atom stereocenters. The van der Waals surface area contributed by atoms with Gasteiger partial charge in [-0.3, -0.25) is 4.90 Å². The van der Waals surface area contributed by atoms with E-state index in [0.717, 1.165) is 58.7 Å². The average molecular weight is 242 g/mol. The molecule has 2 saturated heterocycles. The van der Waals surface area contributed by atoms with Crippen molar-refractivity contribution in [1.29, 1.82) is 0 Å². The Morgan fingerprint density at radius 1 is 1.29 bits per heavy atom. The third kappa shape index (κ3) is 2.99. The second kappa shape index (κ2) is 6.14. The first-order valence-corrected chi connectivity index (χ1v) is 6.95. The molecule has 4 heteroatoms. The van der Waals surface area contributed by atoms with Gasteiger partial charge in [-0.15, -0.1) is 0 Å². The third-order valence-electron chi connectivity index (χ3n) is 4.20. The normalized spacial score (nSPS) is 36.0. The minimum absolute atomic E-state index is 0.169. The van der Waals surface area contributed by atoms with Crippen LogP contribution >= 0.6 is 0 Å². The average Bonchev–Trinajstić information content (AvgIpc) is 2.40. The van der Waals surface area contributed by atoms with E-state index in [-0.39, 0.29) is 5.54 Å². The maximum absolute atomic E-state index is 6.09. The molecule has 2 atom stereocenters. The van der Waals surface area contributed by atoms with E-state index in [9.17, 15) is 0 Å². The molecule has 2 rings (SSSR count). The Hall–Kier alpha value is -0.160. The lowest BCUT2D eigenvalue weighted by atomic mass is 9.83. The van der Waals surface area contributed by atoms with Gasteiger partial charge in [-0.25, -0.2) is 0 Å². The van der Waals surface area contributed by atoms with Crippen LogP contribution in [0.25, 0.3) is 0 Å². The standard InChI is InChI=1S/C13H26N2O2/c1-2-3-12-10-13(11-14,4-7-17-12)15-5-8-16-9-6-15/h12H,2-11,14H2,1H3. The summed E-state index contributed by atoms with van der Waals surface area (Å²) in [5.74, 6) is 0. The van der Waals surface area contributed by atoms with Crippen LogP contribution in [0.2, 0.25) is 0 Å². The highest BCUT2D eigenvalue weighted by molar-refractivity contribution is 4.97. The van der Waals surface area contributed by atoms with Crippen molar-refractivity contribution in [2.24, 2.45) is 5.73 Å². The van der Waals surface area contributed by atoms with Gasteiger partial charge in [-0.1, -0.05) is 13.3 Å². The van der Waals surface area contributed by atoms with Crippen LogP contribution in [0.3, 0.4) is 0 Å². The van der Waals surface area contributed by atoms with Crippen LogP contribution in [0.4, 0.5) is 0 Å². The van der Waals surface area contributed by atoms with Crippen molar-refractivity contribution in [3.8, 4) is 0 Å². The summed E-state index contributed by atoms with van der Waals surface area (Å²) in [5.41, 5.74) is 6.26. The second-order valence-corrected chi connectivity index (χ2v) is 5.26. The third-order valence-corrected chi connectivity index (χ3v) is 4.20. The number of nitrogens with two attached hydrogens (primary N) is 1. The van der Waals surface area contributed by atoms with Crippen LogP contribution in [0.5, 0.6) is 0 Å². The van der Waals surface area contributed by atoms with Gasteiger partial charge in [-0.05, 0) is 19.3 Å². The zero-order valence-electron chi connectivity index (χ0n) is 11.0. The molecule has 0 radical (unpaired) electrons. The zero-order valence-corrected chi connectivity index (χ0v) is 11.0. The summed E-state index contributed by atoms with van der Waals surface area (Å²) in [6, 6.07) is 0. The predicted molar refractivity (Wildman–Crippen MR) is 68.1 cm³/mol. The van der Waals surface area contributed by atoms with Gasteiger partial charge in [-0.2, -0.15) is 0 Å².